The van der Waals surface area contributed by atoms with Gasteiger partial charge in [0.1, 0.15) is 11.8 Å². The predicted molar refractivity (Wildman–Crippen MR) is 71.9 cm³/mol. The smallest absolute Gasteiger partial charge is 0.140 e. The van der Waals surface area contributed by atoms with Crippen LogP contribution in [0.25, 0.3) is 0 Å². The Morgan fingerprint density at radius 1 is 1.33 bits per heavy atom. The molecule has 1 aliphatic rings. The summed E-state index contributed by atoms with van der Waals surface area (Å²) < 4.78 is 0. The van der Waals surface area contributed by atoms with Gasteiger partial charge in [-0.15, -0.1) is 0 Å². The molecule has 0 N–H and O–H groups in total. The van der Waals surface area contributed by atoms with E-state index in [4.69, 9.17) is 5.26 Å². The van der Waals surface area contributed by atoms with Gasteiger partial charge >= 0.3 is 0 Å². The average molecular weight is 243 g/mol. The van der Waals surface area contributed by atoms with E-state index in [0.717, 1.165) is 6.54 Å². The van der Waals surface area contributed by atoms with Crippen molar-refractivity contribution >= 4 is 0 Å². The van der Waals surface area contributed by atoms with E-state index in [1.807, 2.05) is 12.1 Å². The second kappa shape index (κ2) is 6.51. The summed E-state index contributed by atoms with van der Waals surface area (Å²) >= 11 is 0. The highest BCUT2D eigenvalue weighted by Gasteiger charge is 2.16. The van der Waals surface area contributed by atoms with Gasteiger partial charge in [-0.05, 0) is 37.6 Å². The zero-order chi connectivity index (χ0) is 12.8. The summed E-state index contributed by atoms with van der Waals surface area (Å²) in [7, 11) is 2.20. The van der Waals surface area contributed by atoms with Crippen LogP contribution in [0.5, 0.6) is 0 Å². The number of rotatable bonds is 3. The van der Waals surface area contributed by atoms with E-state index in [-0.39, 0.29) is 0 Å². The van der Waals surface area contributed by atoms with Gasteiger partial charge in [0.2, 0.25) is 0 Å². The first-order valence-electron chi connectivity index (χ1n) is 6.85. The van der Waals surface area contributed by atoms with Crippen molar-refractivity contribution in [3.05, 3.63) is 29.6 Å². The van der Waals surface area contributed by atoms with Crippen molar-refractivity contribution in [2.75, 3.05) is 7.05 Å². The number of nitriles is 1. The summed E-state index contributed by atoms with van der Waals surface area (Å²) in [4.78, 5) is 6.45. The normalized spacial score (nSPS) is 17.4. The van der Waals surface area contributed by atoms with Gasteiger partial charge in [-0.2, -0.15) is 5.26 Å². The van der Waals surface area contributed by atoms with Crippen molar-refractivity contribution in [2.45, 2.75) is 51.1 Å². The summed E-state index contributed by atoms with van der Waals surface area (Å²) in [6.45, 7) is 0.919. The lowest BCUT2D eigenvalue weighted by molar-refractivity contribution is 0.213. The van der Waals surface area contributed by atoms with E-state index in [2.05, 4.69) is 23.0 Å². The number of hydrogen-bond donors (Lipinski definition) is 0. The van der Waals surface area contributed by atoms with Gasteiger partial charge in [-0.25, -0.2) is 4.98 Å². The molecule has 0 atom stereocenters. The van der Waals surface area contributed by atoms with E-state index in [9.17, 15) is 0 Å². The molecule has 0 amide bonds. The minimum Gasteiger partial charge on any atom is -0.299 e. The Hall–Kier alpha value is -1.40. The summed E-state index contributed by atoms with van der Waals surface area (Å²) in [6, 6.07) is 6.70. The molecule has 1 aromatic rings. The van der Waals surface area contributed by atoms with E-state index in [0.29, 0.717) is 11.7 Å². The van der Waals surface area contributed by atoms with Crippen molar-refractivity contribution in [2.24, 2.45) is 0 Å². The first-order chi connectivity index (χ1) is 8.79. The molecule has 1 aromatic heterocycles. The monoisotopic (exact) mass is 243 g/mol. The third kappa shape index (κ3) is 3.54. The number of nitrogens with zero attached hydrogens (tertiary/aromatic N) is 3. The van der Waals surface area contributed by atoms with Gasteiger partial charge in [-0.3, -0.25) is 4.90 Å². The molecule has 0 bridgehead atoms. The number of aromatic nitrogens is 1. The molecule has 2 rings (SSSR count). The van der Waals surface area contributed by atoms with Gasteiger partial charge in [-0.1, -0.05) is 25.7 Å². The van der Waals surface area contributed by atoms with E-state index < -0.39 is 0 Å². The topological polar surface area (TPSA) is 39.9 Å². The maximum absolute atomic E-state index is 8.86. The van der Waals surface area contributed by atoms with Crippen LogP contribution in [-0.2, 0) is 6.54 Å². The molecule has 18 heavy (non-hydrogen) atoms. The summed E-state index contributed by atoms with van der Waals surface area (Å²) in [5.41, 5.74) is 1.70. The highest BCUT2D eigenvalue weighted by molar-refractivity contribution is 5.25. The van der Waals surface area contributed by atoms with Crippen LogP contribution in [-0.4, -0.2) is 23.0 Å². The lowest BCUT2D eigenvalue weighted by Crippen LogP contribution is -2.30. The molecule has 3 nitrogen and oxygen atoms in total. The third-order valence-electron chi connectivity index (χ3n) is 3.82. The molecule has 0 saturated heterocycles. The van der Waals surface area contributed by atoms with Crippen molar-refractivity contribution in [3.63, 3.8) is 0 Å². The van der Waals surface area contributed by atoms with Crippen LogP contribution >= 0.6 is 0 Å². The molecular weight excluding hydrogens is 222 g/mol. The Kier molecular flexibility index (Phi) is 4.72. The van der Waals surface area contributed by atoms with Crippen LogP contribution in [0.3, 0.4) is 0 Å². The van der Waals surface area contributed by atoms with Gasteiger partial charge in [0, 0.05) is 18.8 Å². The molecule has 0 spiro atoms. The van der Waals surface area contributed by atoms with E-state index >= 15 is 0 Å². The molecule has 0 unspecified atom stereocenters. The van der Waals surface area contributed by atoms with Crippen molar-refractivity contribution in [3.8, 4) is 6.07 Å². The lowest BCUT2D eigenvalue weighted by atomic mass is 10.1. The molecule has 1 heterocycles. The molecule has 0 aliphatic heterocycles. The molecular formula is C15H21N3. The molecule has 1 saturated carbocycles. The maximum atomic E-state index is 8.86. The van der Waals surface area contributed by atoms with E-state index in [1.165, 1.54) is 44.1 Å². The minimum absolute atomic E-state index is 0.516. The number of pyridine rings is 1. The van der Waals surface area contributed by atoms with Crippen LogP contribution in [0.15, 0.2) is 18.3 Å². The minimum atomic E-state index is 0.516. The molecule has 3 heteroatoms. The first kappa shape index (κ1) is 13.0. The predicted octanol–water partition coefficient (Wildman–Crippen LogP) is 3.11. The fraction of sp³-hybridized carbons (Fsp3) is 0.600. The summed E-state index contributed by atoms with van der Waals surface area (Å²) in [5, 5.41) is 8.86. The Morgan fingerprint density at radius 3 is 2.72 bits per heavy atom. The lowest BCUT2D eigenvalue weighted by Gasteiger charge is -2.27. The average Bonchev–Trinajstić information content (AvgIpc) is 2.68. The Bertz CT molecular complexity index is 414. The summed E-state index contributed by atoms with van der Waals surface area (Å²) in [5.74, 6) is 0. The SMILES string of the molecule is CN(Cc1ccnc(C#N)c1)C1CCCCCC1. The van der Waals surface area contributed by atoms with Gasteiger partial charge in [0.25, 0.3) is 0 Å². The van der Waals surface area contributed by atoms with Crippen LogP contribution in [0.1, 0.15) is 49.8 Å². The first-order valence-corrected chi connectivity index (χ1v) is 6.85. The number of hydrogen-bond acceptors (Lipinski definition) is 3. The second-order valence-electron chi connectivity index (χ2n) is 5.22. The van der Waals surface area contributed by atoms with Crippen molar-refractivity contribution in [1.29, 1.82) is 5.26 Å². The Labute approximate surface area is 109 Å². The van der Waals surface area contributed by atoms with Crippen LogP contribution in [0.2, 0.25) is 0 Å². The highest BCUT2D eigenvalue weighted by Crippen LogP contribution is 2.22. The fourth-order valence-electron chi connectivity index (χ4n) is 2.75. The molecule has 1 aliphatic carbocycles. The highest BCUT2D eigenvalue weighted by atomic mass is 15.1. The zero-order valence-corrected chi connectivity index (χ0v) is 11.1. The van der Waals surface area contributed by atoms with Gasteiger partial charge in [0.05, 0.1) is 0 Å². The Morgan fingerprint density at radius 2 is 2.06 bits per heavy atom. The molecule has 96 valence electrons. The van der Waals surface area contributed by atoms with Gasteiger partial charge in [0.15, 0.2) is 0 Å². The molecule has 0 aromatic carbocycles. The van der Waals surface area contributed by atoms with E-state index in [1.54, 1.807) is 6.20 Å². The standard InChI is InChI=1S/C15H21N3/c1-18(15-6-4-2-3-5-7-15)12-13-8-9-17-14(10-13)11-16/h8-10,15H,2-7,12H2,1H3. The summed E-state index contributed by atoms with van der Waals surface area (Å²) in [6.07, 6.45) is 9.84. The second-order valence-corrected chi connectivity index (χ2v) is 5.22. The fourth-order valence-corrected chi connectivity index (χ4v) is 2.75. The quantitative estimate of drug-likeness (QED) is 0.766. The van der Waals surface area contributed by atoms with Crippen LogP contribution < -0.4 is 0 Å². The van der Waals surface area contributed by atoms with Crippen LogP contribution in [0.4, 0.5) is 0 Å². The third-order valence-corrected chi connectivity index (χ3v) is 3.82. The molecule has 1 fully saturated rings. The maximum Gasteiger partial charge on any atom is 0.140 e. The van der Waals surface area contributed by atoms with Gasteiger partial charge < -0.3 is 0 Å². The van der Waals surface area contributed by atoms with Crippen molar-refractivity contribution < 1.29 is 0 Å². The van der Waals surface area contributed by atoms with Crippen LogP contribution in [0, 0.1) is 11.3 Å². The molecule has 0 radical (unpaired) electrons. The largest absolute Gasteiger partial charge is 0.299 e. The Balaban J connectivity index is 1.97. The van der Waals surface area contributed by atoms with Crippen molar-refractivity contribution in [1.82, 2.24) is 9.88 Å². The zero-order valence-electron chi connectivity index (χ0n) is 11.1.